The van der Waals surface area contributed by atoms with Crippen LogP contribution in [0.15, 0.2) is 18.2 Å². The molecule has 5 nitrogen and oxygen atoms in total. The number of benzene rings is 1. The van der Waals surface area contributed by atoms with Crippen LogP contribution in [0.1, 0.15) is 44.0 Å². The van der Waals surface area contributed by atoms with Crippen LogP contribution in [0.5, 0.6) is 0 Å². The van der Waals surface area contributed by atoms with Crippen LogP contribution in [0.4, 0.5) is 0 Å². The molecule has 24 heavy (non-hydrogen) atoms. The lowest BCUT2D eigenvalue weighted by molar-refractivity contribution is -0.124. The molecule has 1 aromatic rings. The molecular formula is C16H24Cl3N3O2. The van der Waals surface area contributed by atoms with E-state index in [4.69, 9.17) is 28.9 Å². The first-order valence-corrected chi connectivity index (χ1v) is 8.32. The van der Waals surface area contributed by atoms with Crippen molar-refractivity contribution in [2.45, 2.75) is 45.2 Å². The van der Waals surface area contributed by atoms with Gasteiger partial charge in [-0.1, -0.05) is 43.1 Å². The Balaban J connectivity index is 0.00000529. The van der Waals surface area contributed by atoms with E-state index in [1.165, 1.54) is 0 Å². The van der Waals surface area contributed by atoms with Crippen molar-refractivity contribution < 1.29 is 9.59 Å². The number of halogens is 3. The van der Waals surface area contributed by atoms with Crippen LogP contribution in [0.25, 0.3) is 0 Å². The van der Waals surface area contributed by atoms with Crippen molar-refractivity contribution >= 4 is 47.4 Å². The second-order valence-corrected chi connectivity index (χ2v) is 6.26. The lowest BCUT2D eigenvalue weighted by Crippen LogP contribution is -2.57. The predicted octanol–water partition coefficient (Wildman–Crippen LogP) is 3.17. The first-order valence-electron chi connectivity index (χ1n) is 7.57. The SMILES string of the molecule is CCC(CC)(CN)NC(=O)C(C)NC(=O)c1cccc(Cl)c1Cl.Cl. The van der Waals surface area contributed by atoms with Gasteiger partial charge in [-0.3, -0.25) is 9.59 Å². The normalized spacial score (nSPS) is 12.1. The van der Waals surface area contributed by atoms with Gasteiger partial charge in [-0.2, -0.15) is 0 Å². The van der Waals surface area contributed by atoms with Crippen molar-refractivity contribution in [2.75, 3.05) is 6.54 Å². The van der Waals surface area contributed by atoms with Gasteiger partial charge in [0, 0.05) is 6.54 Å². The molecule has 0 aromatic heterocycles. The summed E-state index contributed by atoms with van der Waals surface area (Å²) in [6.45, 7) is 5.88. The van der Waals surface area contributed by atoms with Crippen LogP contribution in [0.3, 0.4) is 0 Å². The summed E-state index contributed by atoms with van der Waals surface area (Å²) in [7, 11) is 0. The summed E-state index contributed by atoms with van der Waals surface area (Å²) in [5, 5.41) is 6.00. The Labute approximate surface area is 159 Å². The molecule has 0 bridgehead atoms. The minimum atomic E-state index is -0.721. The molecule has 0 heterocycles. The van der Waals surface area contributed by atoms with E-state index in [0.717, 1.165) is 0 Å². The van der Waals surface area contributed by atoms with Crippen LogP contribution >= 0.6 is 35.6 Å². The Morgan fingerprint density at radius 3 is 2.33 bits per heavy atom. The minimum absolute atomic E-state index is 0. The fraction of sp³-hybridized carbons (Fsp3) is 0.500. The van der Waals surface area contributed by atoms with E-state index in [1.807, 2.05) is 13.8 Å². The predicted molar refractivity (Wildman–Crippen MR) is 101 cm³/mol. The second-order valence-electron chi connectivity index (χ2n) is 5.48. The lowest BCUT2D eigenvalue weighted by Gasteiger charge is -2.32. The lowest BCUT2D eigenvalue weighted by atomic mass is 9.92. The van der Waals surface area contributed by atoms with Crippen LogP contribution in [0, 0.1) is 0 Å². The summed E-state index contributed by atoms with van der Waals surface area (Å²) in [6.07, 6.45) is 1.43. The molecule has 1 rings (SSSR count). The summed E-state index contributed by atoms with van der Waals surface area (Å²) in [4.78, 5) is 24.6. The Kier molecular flexibility index (Phi) is 9.66. The maximum Gasteiger partial charge on any atom is 0.253 e. The molecule has 4 N–H and O–H groups in total. The van der Waals surface area contributed by atoms with Gasteiger partial charge in [0.05, 0.1) is 21.1 Å². The van der Waals surface area contributed by atoms with Crippen LogP contribution < -0.4 is 16.4 Å². The third-order valence-corrected chi connectivity index (χ3v) is 4.89. The van der Waals surface area contributed by atoms with E-state index in [2.05, 4.69) is 10.6 Å². The number of carbonyl (C=O) groups excluding carboxylic acids is 2. The minimum Gasteiger partial charge on any atom is -0.348 e. The zero-order valence-corrected chi connectivity index (χ0v) is 16.3. The zero-order valence-electron chi connectivity index (χ0n) is 14.0. The van der Waals surface area contributed by atoms with Gasteiger partial charge in [-0.15, -0.1) is 12.4 Å². The topological polar surface area (TPSA) is 84.2 Å². The highest BCUT2D eigenvalue weighted by atomic mass is 35.5. The van der Waals surface area contributed by atoms with Gasteiger partial charge in [-0.05, 0) is 31.9 Å². The first kappa shape index (κ1) is 23.0. The number of carbonyl (C=O) groups is 2. The Bertz CT molecular complexity index is 569. The molecular weight excluding hydrogens is 373 g/mol. The van der Waals surface area contributed by atoms with E-state index in [0.29, 0.717) is 19.4 Å². The standard InChI is InChI=1S/C16H23Cl2N3O2.ClH/c1-4-16(5-2,9-19)21-14(22)10(3)20-15(23)11-7-6-8-12(17)13(11)18;/h6-8,10H,4-5,9,19H2,1-3H3,(H,20,23)(H,21,22);1H. The van der Waals surface area contributed by atoms with Gasteiger partial charge in [0.15, 0.2) is 0 Å². The van der Waals surface area contributed by atoms with Crippen molar-refractivity contribution in [3.8, 4) is 0 Å². The van der Waals surface area contributed by atoms with Gasteiger partial charge in [-0.25, -0.2) is 0 Å². The quantitative estimate of drug-likeness (QED) is 0.662. The van der Waals surface area contributed by atoms with E-state index in [9.17, 15) is 9.59 Å². The smallest absolute Gasteiger partial charge is 0.253 e. The molecule has 8 heteroatoms. The summed E-state index contributed by atoms with van der Waals surface area (Å²) in [5.74, 6) is -0.739. The maximum absolute atomic E-state index is 12.3. The largest absolute Gasteiger partial charge is 0.348 e. The zero-order chi connectivity index (χ0) is 17.6. The molecule has 1 unspecified atom stereocenters. The molecule has 1 atom stereocenters. The summed E-state index contributed by atoms with van der Waals surface area (Å²) >= 11 is 11.9. The Morgan fingerprint density at radius 2 is 1.83 bits per heavy atom. The fourth-order valence-electron chi connectivity index (χ4n) is 2.16. The van der Waals surface area contributed by atoms with Gasteiger partial charge < -0.3 is 16.4 Å². The van der Waals surface area contributed by atoms with Crippen molar-refractivity contribution in [1.29, 1.82) is 0 Å². The number of rotatable bonds is 7. The molecule has 0 fully saturated rings. The summed E-state index contributed by atoms with van der Waals surface area (Å²) in [6, 6.07) is 4.05. The molecule has 0 aliphatic carbocycles. The second kappa shape index (κ2) is 10.1. The summed E-state index contributed by atoms with van der Waals surface area (Å²) in [5.41, 5.74) is 5.55. The third kappa shape index (κ3) is 5.52. The maximum atomic E-state index is 12.3. The highest BCUT2D eigenvalue weighted by molar-refractivity contribution is 6.43. The van der Waals surface area contributed by atoms with Crippen LogP contribution in [-0.4, -0.2) is 29.9 Å². The average Bonchev–Trinajstić information content (AvgIpc) is 2.54. The van der Waals surface area contributed by atoms with E-state index in [-0.39, 0.29) is 33.9 Å². The van der Waals surface area contributed by atoms with E-state index in [1.54, 1.807) is 25.1 Å². The van der Waals surface area contributed by atoms with Crippen LogP contribution in [-0.2, 0) is 4.79 Å². The van der Waals surface area contributed by atoms with Gasteiger partial charge in [0.2, 0.25) is 5.91 Å². The first-order chi connectivity index (χ1) is 10.8. The van der Waals surface area contributed by atoms with Crippen LogP contribution in [0.2, 0.25) is 10.0 Å². The molecule has 0 radical (unpaired) electrons. The van der Waals surface area contributed by atoms with E-state index >= 15 is 0 Å². The Morgan fingerprint density at radius 1 is 1.25 bits per heavy atom. The average molecular weight is 397 g/mol. The van der Waals surface area contributed by atoms with Crippen molar-refractivity contribution in [1.82, 2.24) is 10.6 Å². The number of nitrogens with one attached hydrogen (secondary N) is 2. The van der Waals surface area contributed by atoms with Crippen molar-refractivity contribution in [3.05, 3.63) is 33.8 Å². The molecule has 0 aliphatic heterocycles. The van der Waals surface area contributed by atoms with Gasteiger partial charge >= 0.3 is 0 Å². The fourth-order valence-corrected chi connectivity index (χ4v) is 2.54. The molecule has 136 valence electrons. The molecule has 2 amide bonds. The molecule has 1 aromatic carbocycles. The molecule has 0 saturated carbocycles. The summed E-state index contributed by atoms with van der Waals surface area (Å²) < 4.78 is 0. The highest BCUT2D eigenvalue weighted by Gasteiger charge is 2.29. The highest BCUT2D eigenvalue weighted by Crippen LogP contribution is 2.25. The molecule has 0 spiro atoms. The molecule has 0 saturated heterocycles. The van der Waals surface area contributed by atoms with Gasteiger partial charge in [0.25, 0.3) is 5.91 Å². The van der Waals surface area contributed by atoms with Crippen molar-refractivity contribution in [3.63, 3.8) is 0 Å². The number of hydrogen-bond acceptors (Lipinski definition) is 3. The third-order valence-electron chi connectivity index (χ3n) is 4.07. The Hall–Kier alpha value is -1.01. The van der Waals surface area contributed by atoms with Crippen molar-refractivity contribution in [2.24, 2.45) is 5.73 Å². The van der Waals surface area contributed by atoms with Gasteiger partial charge in [0.1, 0.15) is 6.04 Å². The number of nitrogens with two attached hydrogens (primary N) is 1. The number of amides is 2. The monoisotopic (exact) mass is 395 g/mol. The van der Waals surface area contributed by atoms with E-state index < -0.39 is 17.5 Å². The molecule has 0 aliphatic rings. The number of hydrogen-bond donors (Lipinski definition) is 3.